The van der Waals surface area contributed by atoms with Gasteiger partial charge < -0.3 is 14.8 Å². The van der Waals surface area contributed by atoms with E-state index in [0.717, 1.165) is 0 Å². The van der Waals surface area contributed by atoms with E-state index in [4.69, 9.17) is 9.47 Å². The molecule has 2 aliphatic rings. The molecule has 1 aromatic carbocycles. The zero-order chi connectivity index (χ0) is 15.6. The normalized spacial score (nSPS) is 20.0. The van der Waals surface area contributed by atoms with Crippen LogP contribution >= 0.6 is 0 Å². The number of piperidine rings is 1. The first-order valence-electron chi connectivity index (χ1n) is 7.60. The maximum atomic E-state index is 12.2. The Bertz CT molecular complexity index is 579. The van der Waals surface area contributed by atoms with Crippen molar-refractivity contribution in [2.45, 2.75) is 25.5 Å². The van der Waals surface area contributed by atoms with E-state index in [1.54, 1.807) is 13.0 Å². The highest BCUT2D eigenvalue weighted by Gasteiger charge is 2.42. The predicted octanol–water partition coefficient (Wildman–Crippen LogP) is 1.16. The molecule has 1 fully saturated rings. The number of para-hydroxylation sites is 1. The molecule has 3 rings (SSSR count). The van der Waals surface area contributed by atoms with E-state index in [2.05, 4.69) is 5.32 Å². The summed E-state index contributed by atoms with van der Waals surface area (Å²) in [5, 5.41) is 2.98. The lowest BCUT2D eigenvalue weighted by atomic mass is 9.97. The molecular formula is C16H20N2O4. The third-order valence-corrected chi connectivity index (χ3v) is 4.10. The van der Waals surface area contributed by atoms with Crippen molar-refractivity contribution in [1.29, 1.82) is 0 Å². The minimum Gasteiger partial charge on any atom is -0.467 e. The number of ether oxygens (including phenoxy) is 2. The van der Waals surface area contributed by atoms with E-state index in [0.29, 0.717) is 43.9 Å². The van der Waals surface area contributed by atoms with E-state index in [-0.39, 0.29) is 18.4 Å². The number of esters is 1. The summed E-state index contributed by atoms with van der Waals surface area (Å²) in [6, 6.07) is 7.26. The molecule has 1 spiro atoms. The number of fused-ring (bicyclic) bond motifs is 1. The van der Waals surface area contributed by atoms with Crippen LogP contribution < -0.4 is 10.1 Å². The van der Waals surface area contributed by atoms with Gasteiger partial charge in [0, 0.05) is 25.9 Å². The molecule has 0 saturated carbocycles. The number of hydrogen-bond donors (Lipinski definition) is 1. The standard InChI is InChI=1S/C16H20N2O4/c1-2-21-14(19)11-18-9-7-16(8-10-18)17-15(20)12-5-3-4-6-13(12)22-16/h3-6H,2,7-11H2,1H3,(H,17,20). The fraction of sp³-hybridized carbons (Fsp3) is 0.500. The quantitative estimate of drug-likeness (QED) is 0.849. The van der Waals surface area contributed by atoms with Crippen molar-refractivity contribution in [1.82, 2.24) is 10.2 Å². The Morgan fingerprint density at radius 2 is 2.09 bits per heavy atom. The lowest BCUT2D eigenvalue weighted by molar-refractivity contribution is -0.145. The highest BCUT2D eigenvalue weighted by molar-refractivity contribution is 5.98. The molecule has 6 nitrogen and oxygen atoms in total. The second kappa shape index (κ2) is 5.96. The molecule has 1 aromatic rings. The van der Waals surface area contributed by atoms with Crippen molar-refractivity contribution < 1.29 is 19.1 Å². The number of nitrogens with zero attached hydrogens (tertiary/aromatic N) is 1. The topological polar surface area (TPSA) is 67.9 Å². The molecule has 0 radical (unpaired) electrons. The second-order valence-electron chi connectivity index (χ2n) is 5.63. The molecule has 2 aliphatic heterocycles. The summed E-state index contributed by atoms with van der Waals surface area (Å²) >= 11 is 0. The average Bonchev–Trinajstić information content (AvgIpc) is 2.50. The van der Waals surface area contributed by atoms with Gasteiger partial charge in [-0.05, 0) is 19.1 Å². The largest absolute Gasteiger partial charge is 0.467 e. The minimum atomic E-state index is -0.656. The van der Waals surface area contributed by atoms with E-state index < -0.39 is 5.72 Å². The number of carbonyl (C=O) groups is 2. The number of carbonyl (C=O) groups excluding carboxylic acids is 2. The third-order valence-electron chi connectivity index (χ3n) is 4.10. The van der Waals surface area contributed by atoms with Crippen LogP contribution in [0, 0.1) is 0 Å². The van der Waals surface area contributed by atoms with Crippen molar-refractivity contribution in [3.8, 4) is 5.75 Å². The van der Waals surface area contributed by atoms with Crippen LogP contribution in [0.5, 0.6) is 5.75 Å². The molecule has 1 amide bonds. The summed E-state index contributed by atoms with van der Waals surface area (Å²) in [6.45, 7) is 3.84. The molecule has 0 atom stereocenters. The molecule has 0 bridgehead atoms. The van der Waals surface area contributed by atoms with Crippen molar-refractivity contribution in [2.24, 2.45) is 0 Å². The molecule has 2 heterocycles. The molecule has 1 N–H and O–H groups in total. The van der Waals surface area contributed by atoms with Gasteiger partial charge in [0.25, 0.3) is 5.91 Å². The first-order valence-corrected chi connectivity index (χ1v) is 7.60. The smallest absolute Gasteiger partial charge is 0.320 e. The van der Waals surface area contributed by atoms with Crippen LogP contribution in [0.1, 0.15) is 30.1 Å². The number of hydrogen-bond acceptors (Lipinski definition) is 5. The summed E-state index contributed by atoms with van der Waals surface area (Å²) < 4.78 is 11.0. The maximum absolute atomic E-state index is 12.2. The van der Waals surface area contributed by atoms with Gasteiger partial charge in [-0.3, -0.25) is 14.5 Å². The Morgan fingerprint density at radius 3 is 2.82 bits per heavy atom. The molecule has 0 aliphatic carbocycles. The van der Waals surface area contributed by atoms with Gasteiger partial charge in [-0.25, -0.2) is 0 Å². The Morgan fingerprint density at radius 1 is 1.36 bits per heavy atom. The Balaban J connectivity index is 1.64. The van der Waals surface area contributed by atoms with Crippen LogP contribution in [0.25, 0.3) is 0 Å². The van der Waals surface area contributed by atoms with E-state index >= 15 is 0 Å². The maximum Gasteiger partial charge on any atom is 0.320 e. The fourth-order valence-corrected chi connectivity index (χ4v) is 2.94. The molecular weight excluding hydrogens is 284 g/mol. The van der Waals surface area contributed by atoms with Crippen molar-refractivity contribution in [3.05, 3.63) is 29.8 Å². The first kappa shape index (κ1) is 14.8. The van der Waals surface area contributed by atoms with Gasteiger partial charge in [-0.2, -0.15) is 0 Å². The molecule has 6 heteroatoms. The van der Waals surface area contributed by atoms with Crippen LogP contribution in [-0.4, -0.2) is 48.7 Å². The summed E-state index contributed by atoms with van der Waals surface area (Å²) in [5.41, 5.74) is -0.0848. The van der Waals surface area contributed by atoms with Gasteiger partial charge >= 0.3 is 5.97 Å². The first-order chi connectivity index (χ1) is 10.6. The molecule has 0 aromatic heterocycles. The molecule has 0 unspecified atom stereocenters. The van der Waals surface area contributed by atoms with Gasteiger partial charge in [0.2, 0.25) is 0 Å². The van der Waals surface area contributed by atoms with Crippen LogP contribution in [-0.2, 0) is 9.53 Å². The molecule has 1 saturated heterocycles. The fourth-order valence-electron chi connectivity index (χ4n) is 2.94. The van der Waals surface area contributed by atoms with Gasteiger partial charge in [0.15, 0.2) is 5.72 Å². The number of likely N-dealkylation sites (tertiary alicyclic amines) is 1. The number of rotatable bonds is 3. The number of benzene rings is 1. The predicted molar refractivity (Wildman–Crippen MR) is 79.6 cm³/mol. The third kappa shape index (κ3) is 2.92. The highest BCUT2D eigenvalue weighted by Crippen LogP contribution is 2.33. The van der Waals surface area contributed by atoms with Crippen molar-refractivity contribution in [2.75, 3.05) is 26.2 Å². The Kier molecular flexibility index (Phi) is 4.02. The summed E-state index contributed by atoms with van der Waals surface area (Å²) in [7, 11) is 0. The average molecular weight is 304 g/mol. The van der Waals surface area contributed by atoms with E-state index in [1.165, 1.54) is 0 Å². The van der Waals surface area contributed by atoms with E-state index in [9.17, 15) is 9.59 Å². The van der Waals surface area contributed by atoms with Crippen LogP contribution in [0.15, 0.2) is 24.3 Å². The molecule has 118 valence electrons. The monoisotopic (exact) mass is 304 g/mol. The van der Waals surface area contributed by atoms with Crippen LogP contribution in [0.3, 0.4) is 0 Å². The summed E-state index contributed by atoms with van der Waals surface area (Å²) in [5.74, 6) is 0.322. The number of amides is 1. The summed E-state index contributed by atoms with van der Waals surface area (Å²) in [4.78, 5) is 25.8. The molecule has 22 heavy (non-hydrogen) atoms. The summed E-state index contributed by atoms with van der Waals surface area (Å²) in [6.07, 6.45) is 1.29. The van der Waals surface area contributed by atoms with Gasteiger partial charge in [0.05, 0.1) is 18.7 Å². The van der Waals surface area contributed by atoms with Crippen molar-refractivity contribution >= 4 is 11.9 Å². The highest BCUT2D eigenvalue weighted by atomic mass is 16.5. The van der Waals surface area contributed by atoms with Crippen LogP contribution in [0.2, 0.25) is 0 Å². The Labute approximate surface area is 129 Å². The zero-order valence-corrected chi connectivity index (χ0v) is 12.6. The zero-order valence-electron chi connectivity index (χ0n) is 12.6. The lowest BCUT2D eigenvalue weighted by Crippen LogP contribution is -2.61. The van der Waals surface area contributed by atoms with Crippen LogP contribution in [0.4, 0.5) is 0 Å². The lowest BCUT2D eigenvalue weighted by Gasteiger charge is -2.44. The second-order valence-corrected chi connectivity index (χ2v) is 5.63. The van der Waals surface area contributed by atoms with Gasteiger partial charge in [-0.15, -0.1) is 0 Å². The van der Waals surface area contributed by atoms with Crippen molar-refractivity contribution in [3.63, 3.8) is 0 Å². The van der Waals surface area contributed by atoms with Gasteiger partial charge in [-0.1, -0.05) is 12.1 Å². The van der Waals surface area contributed by atoms with E-state index in [1.807, 2.05) is 23.1 Å². The minimum absolute atomic E-state index is 0.0966. The SMILES string of the molecule is CCOC(=O)CN1CCC2(CC1)NC(=O)c1ccccc1O2. The number of nitrogens with one attached hydrogen (secondary N) is 1. The Hall–Kier alpha value is -2.08. The van der Waals surface area contributed by atoms with Gasteiger partial charge in [0.1, 0.15) is 5.75 Å².